The summed E-state index contributed by atoms with van der Waals surface area (Å²) in [6.45, 7) is 11.8. The van der Waals surface area contributed by atoms with Crippen LogP contribution in [0, 0.1) is 0 Å². The molecule has 0 atom stereocenters. The van der Waals surface area contributed by atoms with E-state index in [2.05, 4.69) is 45.1 Å². The minimum absolute atomic E-state index is 0.470. The Labute approximate surface area is 124 Å². The molecule has 0 bridgehead atoms. The van der Waals surface area contributed by atoms with Gasteiger partial charge in [0.15, 0.2) is 5.82 Å². The second-order valence-electron chi connectivity index (χ2n) is 4.88. The molecule has 4 nitrogen and oxygen atoms in total. The maximum atomic E-state index is 5.75. The highest BCUT2D eigenvalue weighted by Crippen LogP contribution is 2.29. The zero-order valence-electron chi connectivity index (χ0n) is 12.5. The SMILES string of the molecule is CCCNc1nc(C(C)(C)OCC)nc(CC)c1Br. The van der Waals surface area contributed by atoms with Crippen LogP contribution in [-0.4, -0.2) is 23.1 Å². The number of hydrogen-bond donors (Lipinski definition) is 1. The zero-order chi connectivity index (χ0) is 14.5. The Morgan fingerprint density at radius 1 is 1.21 bits per heavy atom. The van der Waals surface area contributed by atoms with Crippen LogP contribution in [0.3, 0.4) is 0 Å². The van der Waals surface area contributed by atoms with Gasteiger partial charge < -0.3 is 10.1 Å². The van der Waals surface area contributed by atoms with Crippen LogP contribution in [0.25, 0.3) is 0 Å². The van der Waals surface area contributed by atoms with E-state index < -0.39 is 5.60 Å². The van der Waals surface area contributed by atoms with Gasteiger partial charge in [-0.2, -0.15) is 0 Å². The van der Waals surface area contributed by atoms with Crippen LogP contribution >= 0.6 is 15.9 Å². The molecule has 1 heterocycles. The Balaban J connectivity index is 3.18. The van der Waals surface area contributed by atoms with Crippen molar-refractivity contribution < 1.29 is 4.74 Å². The van der Waals surface area contributed by atoms with Crippen LogP contribution in [-0.2, 0) is 16.8 Å². The van der Waals surface area contributed by atoms with Gasteiger partial charge in [0.25, 0.3) is 0 Å². The second kappa shape index (κ2) is 7.20. The Bertz CT molecular complexity index is 421. The molecule has 108 valence electrons. The number of rotatable bonds is 7. The summed E-state index contributed by atoms with van der Waals surface area (Å²) in [5.74, 6) is 1.59. The summed E-state index contributed by atoms with van der Waals surface area (Å²) in [7, 11) is 0. The van der Waals surface area contributed by atoms with Crippen molar-refractivity contribution in [1.82, 2.24) is 9.97 Å². The van der Waals surface area contributed by atoms with E-state index in [1.807, 2.05) is 20.8 Å². The van der Waals surface area contributed by atoms with Crippen molar-refractivity contribution in [2.75, 3.05) is 18.5 Å². The molecule has 1 aromatic heterocycles. The number of nitrogens with one attached hydrogen (secondary N) is 1. The summed E-state index contributed by atoms with van der Waals surface area (Å²) in [4.78, 5) is 9.24. The predicted molar refractivity (Wildman–Crippen MR) is 82.5 cm³/mol. The Morgan fingerprint density at radius 3 is 2.42 bits per heavy atom. The van der Waals surface area contributed by atoms with E-state index in [0.717, 1.165) is 41.2 Å². The summed E-state index contributed by atoms with van der Waals surface area (Å²) >= 11 is 3.58. The quantitative estimate of drug-likeness (QED) is 0.824. The van der Waals surface area contributed by atoms with Gasteiger partial charge >= 0.3 is 0 Å². The number of nitrogens with zero attached hydrogens (tertiary/aromatic N) is 2. The Kier molecular flexibility index (Phi) is 6.20. The average Bonchev–Trinajstić information content (AvgIpc) is 2.37. The molecule has 0 amide bonds. The van der Waals surface area contributed by atoms with E-state index in [0.29, 0.717) is 6.61 Å². The molecule has 0 radical (unpaired) electrons. The van der Waals surface area contributed by atoms with E-state index in [1.54, 1.807) is 0 Å². The molecule has 1 rings (SSSR count). The third-order valence-electron chi connectivity index (χ3n) is 2.84. The van der Waals surface area contributed by atoms with Crippen LogP contribution < -0.4 is 5.32 Å². The van der Waals surface area contributed by atoms with Gasteiger partial charge in [0.05, 0.1) is 10.2 Å². The first-order valence-electron chi connectivity index (χ1n) is 6.90. The Morgan fingerprint density at radius 2 is 1.89 bits per heavy atom. The number of ether oxygens (including phenoxy) is 1. The van der Waals surface area contributed by atoms with E-state index >= 15 is 0 Å². The van der Waals surface area contributed by atoms with Gasteiger partial charge in [0.1, 0.15) is 11.4 Å². The standard InChI is InChI=1S/C14H24BrN3O/c1-6-9-16-12-11(15)10(7-2)17-13(18-12)14(4,5)19-8-3/h6-9H2,1-5H3,(H,16,17,18). The van der Waals surface area contributed by atoms with Gasteiger partial charge in [-0.3, -0.25) is 0 Å². The van der Waals surface area contributed by atoms with Gasteiger partial charge in [-0.15, -0.1) is 0 Å². The molecule has 1 N–H and O–H groups in total. The van der Waals surface area contributed by atoms with E-state index in [1.165, 1.54) is 0 Å². The van der Waals surface area contributed by atoms with Crippen LogP contribution in [0.4, 0.5) is 5.82 Å². The van der Waals surface area contributed by atoms with Crippen LogP contribution in [0.1, 0.15) is 52.6 Å². The second-order valence-corrected chi connectivity index (χ2v) is 5.67. The highest BCUT2D eigenvalue weighted by Gasteiger charge is 2.26. The van der Waals surface area contributed by atoms with Gasteiger partial charge in [0.2, 0.25) is 0 Å². The van der Waals surface area contributed by atoms with Crippen molar-refractivity contribution >= 4 is 21.7 Å². The lowest BCUT2D eigenvalue weighted by molar-refractivity contribution is -0.0208. The molecule has 0 fully saturated rings. The van der Waals surface area contributed by atoms with Gasteiger partial charge in [-0.1, -0.05) is 13.8 Å². The normalized spacial score (nSPS) is 11.7. The van der Waals surface area contributed by atoms with Crippen LogP contribution in [0.2, 0.25) is 0 Å². The molecular weight excluding hydrogens is 306 g/mol. The monoisotopic (exact) mass is 329 g/mol. The highest BCUT2D eigenvalue weighted by molar-refractivity contribution is 9.10. The largest absolute Gasteiger partial charge is 0.369 e. The smallest absolute Gasteiger partial charge is 0.162 e. The van der Waals surface area contributed by atoms with Crippen molar-refractivity contribution in [3.8, 4) is 0 Å². The lowest BCUT2D eigenvalue weighted by Crippen LogP contribution is -2.26. The summed E-state index contributed by atoms with van der Waals surface area (Å²) in [5, 5.41) is 3.34. The fourth-order valence-electron chi connectivity index (χ4n) is 1.78. The fourth-order valence-corrected chi connectivity index (χ4v) is 2.38. The topological polar surface area (TPSA) is 47.0 Å². The minimum Gasteiger partial charge on any atom is -0.369 e. The lowest BCUT2D eigenvalue weighted by atomic mass is 10.1. The van der Waals surface area contributed by atoms with E-state index in [9.17, 15) is 0 Å². The average molecular weight is 330 g/mol. The minimum atomic E-state index is -0.470. The molecule has 0 saturated carbocycles. The maximum absolute atomic E-state index is 5.75. The van der Waals surface area contributed by atoms with Crippen LogP contribution in [0.15, 0.2) is 4.47 Å². The zero-order valence-corrected chi connectivity index (χ0v) is 14.1. The maximum Gasteiger partial charge on any atom is 0.162 e. The molecule has 0 unspecified atom stereocenters. The first kappa shape index (κ1) is 16.4. The molecule has 0 aliphatic carbocycles. The van der Waals surface area contributed by atoms with Gasteiger partial charge in [-0.25, -0.2) is 9.97 Å². The van der Waals surface area contributed by atoms with Crippen molar-refractivity contribution in [2.45, 2.75) is 53.1 Å². The van der Waals surface area contributed by atoms with Crippen molar-refractivity contribution in [3.63, 3.8) is 0 Å². The van der Waals surface area contributed by atoms with Crippen molar-refractivity contribution in [1.29, 1.82) is 0 Å². The lowest BCUT2D eigenvalue weighted by Gasteiger charge is -2.24. The molecule has 1 aromatic rings. The number of hydrogen-bond acceptors (Lipinski definition) is 4. The van der Waals surface area contributed by atoms with Gasteiger partial charge in [-0.05, 0) is 49.5 Å². The summed E-state index contributed by atoms with van der Waals surface area (Å²) in [6.07, 6.45) is 1.92. The molecule has 0 spiro atoms. The van der Waals surface area contributed by atoms with Crippen molar-refractivity contribution in [3.05, 3.63) is 16.0 Å². The van der Waals surface area contributed by atoms with Gasteiger partial charge in [0, 0.05) is 13.2 Å². The van der Waals surface area contributed by atoms with E-state index in [-0.39, 0.29) is 0 Å². The summed E-state index contributed by atoms with van der Waals surface area (Å²) in [6, 6.07) is 0. The molecule has 0 aliphatic rings. The molecule has 0 aromatic carbocycles. The van der Waals surface area contributed by atoms with Crippen LogP contribution in [0.5, 0.6) is 0 Å². The fraction of sp³-hybridized carbons (Fsp3) is 0.714. The molecule has 0 aliphatic heterocycles. The third kappa shape index (κ3) is 4.14. The first-order chi connectivity index (χ1) is 8.96. The molecule has 5 heteroatoms. The number of anilines is 1. The number of aromatic nitrogens is 2. The molecule has 0 saturated heterocycles. The predicted octanol–water partition coefficient (Wildman–Crippen LogP) is 3.90. The number of aryl methyl sites for hydroxylation is 1. The first-order valence-corrected chi connectivity index (χ1v) is 7.70. The highest BCUT2D eigenvalue weighted by atomic mass is 79.9. The van der Waals surface area contributed by atoms with E-state index in [4.69, 9.17) is 4.74 Å². The van der Waals surface area contributed by atoms with Crippen molar-refractivity contribution in [2.24, 2.45) is 0 Å². The summed E-state index contributed by atoms with van der Waals surface area (Å²) < 4.78 is 6.70. The Hall–Kier alpha value is -0.680. The number of halogens is 1. The third-order valence-corrected chi connectivity index (χ3v) is 3.67. The summed E-state index contributed by atoms with van der Waals surface area (Å²) in [5.41, 5.74) is 0.540. The molecular formula is C14H24BrN3O. The molecule has 19 heavy (non-hydrogen) atoms.